The summed E-state index contributed by atoms with van der Waals surface area (Å²) in [6.45, 7) is 0.304. The molecular formula is C25H25FN4O4. The molecule has 8 nitrogen and oxygen atoms in total. The number of aliphatic imine (C=N–C) groups is 1. The number of H-pyrrole nitrogens is 1. The first-order valence-electron chi connectivity index (χ1n) is 10.8. The zero-order valence-electron chi connectivity index (χ0n) is 18.6. The zero-order chi connectivity index (χ0) is 24.2. The Morgan fingerprint density at radius 3 is 2.74 bits per heavy atom. The maximum atomic E-state index is 13.6. The van der Waals surface area contributed by atoms with E-state index in [1.54, 1.807) is 42.3 Å². The lowest BCUT2D eigenvalue weighted by Gasteiger charge is -2.22. The van der Waals surface area contributed by atoms with Crippen molar-refractivity contribution < 1.29 is 19.0 Å². The number of rotatable bonds is 6. The highest BCUT2D eigenvalue weighted by atomic mass is 19.1. The molecule has 176 valence electrons. The first kappa shape index (κ1) is 23.3. The van der Waals surface area contributed by atoms with Crippen molar-refractivity contribution in [3.63, 3.8) is 0 Å². The average molecular weight is 464 g/mol. The number of carbonyl (C=O) groups is 1. The van der Waals surface area contributed by atoms with Crippen molar-refractivity contribution >= 4 is 34.3 Å². The number of hydrogen-bond acceptors (Lipinski definition) is 6. The lowest BCUT2D eigenvalue weighted by molar-refractivity contribution is 0.0648. The van der Waals surface area contributed by atoms with Gasteiger partial charge in [0.05, 0.1) is 30.0 Å². The summed E-state index contributed by atoms with van der Waals surface area (Å²) in [5.41, 5.74) is 7.51. The molecule has 1 aromatic heterocycles. The zero-order valence-corrected chi connectivity index (χ0v) is 18.6. The number of amides is 1. The van der Waals surface area contributed by atoms with Crippen LogP contribution in [0.15, 0.2) is 64.5 Å². The largest absolute Gasteiger partial charge is 0.404 e. The van der Waals surface area contributed by atoms with Crippen molar-refractivity contribution in [1.82, 2.24) is 9.88 Å². The SMILES string of the molecule is COC1CC(CO)N(C(=O)c2ccc(N=CC(=CN)c3cc4cc(F)ccc4[nH]c3=O)cc2)C1. The summed E-state index contributed by atoms with van der Waals surface area (Å²) in [6, 6.07) is 12.0. The Morgan fingerprint density at radius 1 is 1.29 bits per heavy atom. The van der Waals surface area contributed by atoms with Crippen molar-refractivity contribution in [1.29, 1.82) is 0 Å². The smallest absolute Gasteiger partial charge is 0.256 e. The van der Waals surface area contributed by atoms with Crippen LogP contribution in [0.25, 0.3) is 16.5 Å². The van der Waals surface area contributed by atoms with E-state index in [0.29, 0.717) is 40.7 Å². The van der Waals surface area contributed by atoms with Crippen LogP contribution in [0.1, 0.15) is 22.3 Å². The van der Waals surface area contributed by atoms with Gasteiger partial charge in [-0.2, -0.15) is 0 Å². The quantitative estimate of drug-likeness (QED) is 0.484. The number of nitrogens with one attached hydrogen (secondary N) is 1. The number of likely N-dealkylation sites (tertiary alicyclic amines) is 1. The molecule has 1 saturated heterocycles. The average Bonchev–Trinajstić information content (AvgIpc) is 3.28. The van der Waals surface area contributed by atoms with Gasteiger partial charge >= 0.3 is 0 Å². The van der Waals surface area contributed by atoms with Gasteiger partial charge in [0.2, 0.25) is 0 Å². The predicted octanol–water partition coefficient (Wildman–Crippen LogP) is 2.59. The number of aliphatic hydroxyl groups is 1. The molecule has 4 rings (SSSR count). The van der Waals surface area contributed by atoms with E-state index in [-0.39, 0.29) is 35.8 Å². The molecule has 1 fully saturated rings. The van der Waals surface area contributed by atoms with E-state index in [4.69, 9.17) is 10.5 Å². The summed E-state index contributed by atoms with van der Waals surface area (Å²) >= 11 is 0. The summed E-state index contributed by atoms with van der Waals surface area (Å²) in [6.07, 6.45) is 3.20. The maximum Gasteiger partial charge on any atom is 0.256 e. The lowest BCUT2D eigenvalue weighted by Crippen LogP contribution is -2.38. The van der Waals surface area contributed by atoms with Crippen LogP contribution in [-0.4, -0.2) is 59.5 Å². The van der Waals surface area contributed by atoms with Crippen LogP contribution < -0.4 is 11.3 Å². The van der Waals surface area contributed by atoms with Gasteiger partial charge in [-0.15, -0.1) is 0 Å². The number of benzene rings is 2. The molecule has 0 saturated carbocycles. The molecule has 0 aliphatic carbocycles. The molecule has 2 atom stereocenters. The molecular weight excluding hydrogens is 439 g/mol. The van der Waals surface area contributed by atoms with Gasteiger partial charge in [0.15, 0.2) is 0 Å². The minimum atomic E-state index is -0.413. The van der Waals surface area contributed by atoms with Crippen LogP contribution in [0.2, 0.25) is 0 Å². The first-order chi connectivity index (χ1) is 16.4. The second-order valence-electron chi connectivity index (χ2n) is 8.06. The fourth-order valence-electron chi connectivity index (χ4n) is 4.06. The molecule has 2 unspecified atom stereocenters. The van der Waals surface area contributed by atoms with Gasteiger partial charge in [0.1, 0.15) is 5.82 Å². The van der Waals surface area contributed by atoms with Gasteiger partial charge < -0.3 is 25.5 Å². The van der Waals surface area contributed by atoms with Crippen LogP contribution in [-0.2, 0) is 4.74 Å². The third-order valence-corrected chi connectivity index (χ3v) is 5.94. The molecule has 1 aliphatic heterocycles. The summed E-state index contributed by atoms with van der Waals surface area (Å²) in [5, 5.41) is 10.1. The van der Waals surface area contributed by atoms with E-state index in [9.17, 15) is 19.1 Å². The minimum Gasteiger partial charge on any atom is -0.404 e. The Bertz CT molecular complexity index is 1320. The number of hydrogen-bond donors (Lipinski definition) is 3. The third-order valence-electron chi connectivity index (χ3n) is 5.94. The van der Waals surface area contributed by atoms with Crippen LogP contribution in [0, 0.1) is 5.82 Å². The monoisotopic (exact) mass is 464 g/mol. The van der Waals surface area contributed by atoms with Crippen molar-refractivity contribution in [3.8, 4) is 0 Å². The Morgan fingerprint density at radius 2 is 2.06 bits per heavy atom. The fraction of sp³-hybridized carbons (Fsp3) is 0.240. The van der Waals surface area contributed by atoms with E-state index in [1.165, 1.54) is 30.6 Å². The molecule has 34 heavy (non-hydrogen) atoms. The van der Waals surface area contributed by atoms with E-state index in [2.05, 4.69) is 9.98 Å². The molecule has 2 aromatic carbocycles. The number of aromatic nitrogens is 1. The number of aromatic amines is 1. The second kappa shape index (κ2) is 9.98. The summed E-state index contributed by atoms with van der Waals surface area (Å²) in [5.74, 6) is -0.601. The van der Waals surface area contributed by atoms with Gasteiger partial charge in [-0.3, -0.25) is 14.6 Å². The number of allylic oxidation sites excluding steroid dienone is 1. The van der Waals surface area contributed by atoms with Gasteiger partial charge in [-0.25, -0.2) is 4.39 Å². The molecule has 1 amide bonds. The molecule has 0 bridgehead atoms. The van der Waals surface area contributed by atoms with Gasteiger partial charge in [-0.1, -0.05) is 0 Å². The number of nitrogens with two attached hydrogens (primary N) is 1. The van der Waals surface area contributed by atoms with E-state index in [0.717, 1.165) is 0 Å². The Labute approximate surface area is 195 Å². The molecule has 1 aliphatic rings. The molecule has 4 N–H and O–H groups in total. The molecule has 9 heteroatoms. The number of nitrogens with zero attached hydrogens (tertiary/aromatic N) is 2. The summed E-state index contributed by atoms with van der Waals surface area (Å²) in [7, 11) is 1.59. The van der Waals surface area contributed by atoms with Gasteiger partial charge in [0.25, 0.3) is 11.5 Å². The summed E-state index contributed by atoms with van der Waals surface area (Å²) in [4.78, 5) is 34.1. The van der Waals surface area contributed by atoms with Crippen molar-refractivity contribution in [2.75, 3.05) is 20.3 Å². The van der Waals surface area contributed by atoms with Crippen molar-refractivity contribution in [2.45, 2.75) is 18.6 Å². The minimum absolute atomic E-state index is 0.0961. The third kappa shape index (κ3) is 4.75. The summed E-state index contributed by atoms with van der Waals surface area (Å²) < 4.78 is 18.9. The topological polar surface area (TPSA) is 121 Å². The Kier molecular flexibility index (Phi) is 6.85. The Balaban J connectivity index is 1.53. The first-order valence-corrected chi connectivity index (χ1v) is 10.8. The van der Waals surface area contributed by atoms with Crippen LogP contribution in [0.5, 0.6) is 0 Å². The molecule has 2 heterocycles. The number of halogens is 1. The maximum absolute atomic E-state index is 13.6. The number of aliphatic hydroxyl groups excluding tert-OH is 1. The predicted molar refractivity (Wildman–Crippen MR) is 129 cm³/mol. The van der Waals surface area contributed by atoms with Crippen molar-refractivity contribution in [2.24, 2.45) is 10.7 Å². The Hall–Kier alpha value is -3.82. The molecule has 3 aromatic rings. The normalized spacial score (nSPS) is 18.8. The molecule has 0 radical (unpaired) electrons. The number of fused-ring (bicyclic) bond motifs is 1. The fourth-order valence-corrected chi connectivity index (χ4v) is 4.06. The van der Waals surface area contributed by atoms with Crippen LogP contribution >= 0.6 is 0 Å². The van der Waals surface area contributed by atoms with E-state index >= 15 is 0 Å². The van der Waals surface area contributed by atoms with E-state index < -0.39 is 5.82 Å². The van der Waals surface area contributed by atoms with Gasteiger partial charge in [-0.05, 0) is 55.0 Å². The van der Waals surface area contributed by atoms with Crippen LogP contribution in [0.3, 0.4) is 0 Å². The molecule has 0 spiro atoms. The van der Waals surface area contributed by atoms with Gasteiger partial charge in [0, 0.05) is 48.1 Å². The number of carbonyl (C=O) groups excluding carboxylic acids is 1. The highest BCUT2D eigenvalue weighted by Crippen LogP contribution is 2.23. The number of methoxy groups -OCH3 is 1. The van der Waals surface area contributed by atoms with Crippen molar-refractivity contribution in [3.05, 3.63) is 82.0 Å². The highest BCUT2D eigenvalue weighted by Gasteiger charge is 2.35. The number of pyridine rings is 1. The standard InChI is InChI=1S/C25H25FN4O4/c1-34-21-10-20(14-31)30(13-21)25(33)15-2-5-19(6-3-15)28-12-17(11-27)22-9-16-8-18(26)4-7-23(16)29-24(22)32/h2-9,11-12,20-21,31H,10,13-14,27H2,1H3,(H,29,32). The lowest BCUT2D eigenvalue weighted by atomic mass is 10.1. The second-order valence-corrected chi connectivity index (χ2v) is 8.06. The highest BCUT2D eigenvalue weighted by molar-refractivity contribution is 6.11. The number of ether oxygens (including phenoxy) is 1. The van der Waals surface area contributed by atoms with E-state index in [1.807, 2.05) is 0 Å². The van der Waals surface area contributed by atoms with Crippen LogP contribution in [0.4, 0.5) is 10.1 Å².